The molecule has 0 aliphatic heterocycles. The second kappa shape index (κ2) is 11.6. The first kappa shape index (κ1) is 19.9. The molecular weight excluding hydrogens is 334 g/mol. The number of aliphatic hydroxyl groups is 1. The van der Waals surface area contributed by atoms with Crippen LogP contribution in [-0.4, -0.2) is 45.1 Å². The number of benzene rings is 1. The summed E-state index contributed by atoms with van der Waals surface area (Å²) in [5.74, 6) is 0.0915. The van der Waals surface area contributed by atoms with Crippen LogP contribution in [0.1, 0.15) is 17.3 Å². The van der Waals surface area contributed by atoms with Gasteiger partial charge in [0.2, 0.25) is 0 Å². The average molecular weight is 350 g/mol. The number of methoxy groups -OCH3 is 2. The largest absolute Gasteiger partial charge is 0.497 e. The topological polar surface area (TPSA) is 65.0 Å². The molecule has 1 N–H and O–H groups in total. The number of ketones is 1. The van der Waals surface area contributed by atoms with E-state index in [2.05, 4.69) is 0 Å². The molecular formula is C13H16AlCl2O5. The van der Waals surface area contributed by atoms with Crippen LogP contribution < -0.4 is 9.47 Å². The van der Waals surface area contributed by atoms with Crippen molar-refractivity contribution in [2.24, 2.45) is 0 Å². The zero-order valence-electron chi connectivity index (χ0n) is 11.9. The molecule has 0 atom stereocenters. The van der Waals surface area contributed by atoms with Crippen LogP contribution in [-0.2, 0) is 4.74 Å². The fourth-order valence-corrected chi connectivity index (χ4v) is 1.39. The van der Waals surface area contributed by atoms with Crippen LogP contribution in [0.4, 0.5) is 0 Å². The Bertz CT molecular complexity index is 480. The van der Waals surface area contributed by atoms with Crippen LogP contribution in [0.25, 0.3) is 0 Å². The third-order valence-corrected chi connectivity index (χ3v) is 2.22. The predicted molar refractivity (Wildman–Crippen MR) is 83.7 cm³/mol. The maximum Gasteiger partial charge on any atom is 0.495 e. The van der Waals surface area contributed by atoms with Crippen molar-refractivity contribution < 1.29 is 24.1 Å². The van der Waals surface area contributed by atoms with E-state index in [4.69, 9.17) is 34.3 Å². The normalized spacial score (nSPS) is 10.0. The molecule has 0 bridgehead atoms. The molecule has 1 radical (unpaired) electrons. The van der Waals surface area contributed by atoms with E-state index in [1.165, 1.54) is 20.3 Å². The number of carbonyl (C=O) groups excluding carboxylic acids is 1. The standard InChI is InChI=1S/C13H16O5.Al.2ClH/c1-4-18-13(15)8-11(14)10-7-9(16-2)5-6-12(10)17-3;;;/h5-8,15H,4H2,1-3H3;;2*1H/q;+2;;/p-2/b13-8+;;;. The number of carbonyl (C=O) groups is 1. The number of hydrogen-bond donors (Lipinski definition) is 1. The maximum atomic E-state index is 11.9. The van der Waals surface area contributed by atoms with Crippen molar-refractivity contribution in [3.05, 3.63) is 35.8 Å². The van der Waals surface area contributed by atoms with Gasteiger partial charge in [-0.25, -0.2) is 20.1 Å². The van der Waals surface area contributed by atoms with Gasteiger partial charge in [0.1, 0.15) is 11.5 Å². The summed E-state index contributed by atoms with van der Waals surface area (Å²) in [4.78, 5) is 11.9. The lowest BCUT2D eigenvalue weighted by Gasteiger charge is -2.08. The van der Waals surface area contributed by atoms with Crippen molar-refractivity contribution in [2.75, 3.05) is 20.8 Å². The summed E-state index contributed by atoms with van der Waals surface area (Å²) in [5, 5.41) is 9.32. The van der Waals surface area contributed by atoms with Crippen LogP contribution in [0.5, 0.6) is 11.5 Å². The molecule has 8 heteroatoms. The van der Waals surface area contributed by atoms with Gasteiger partial charge in [-0.05, 0) is 25.1 Å². The third kappa shape index (κ3) is 7.49. The molecule has 5 nitrogen and oxygen atoms in total. The number of allylic oxidation sites excluding steroid dienone is 1. The number of aliphatic hydroxyl groups excluding tert-OH is 1. The summed E-state index contributed by atoms with van der Waals surface area (Å²) < 4.78 is 14.9. The highest BCUT2D eigenvalue weighted by atomic mass is 35.7. The lowest BCUT2D eigenvalue weighted by atomic mass is 10.1. The van der Waals surface area contributed by atoms with Gasteiger partial charge in [-0.3, -0.25) is 4.79 Å². The molecule has 1 rings (SSSR count). The van der Waals surface area contributed by atoms with Crippen molar-refractivity contribution in [1.82, 2.24) is 0 Å². The molecule has 0 spiro atoms. The smallest absolute Gasteiger partial charge is 0.495 e. The van der Waals surface area contributed by atoms with Gasteiger partial charge in [0.15, 0.2) is 5.78 Å². The van der Waals surface area contributed by atoms with E-state index < -0.39 is 11.7 Å². The zero-order chi connectivity index (χ0) is 16.3. The summed E-state index contributed by atoms with van der Waals surface area (Å²) in [7, 11) is 12.7. The summed E-state index contributed by atoms with van der Waals surface area (Å²) in [5.41, 5.74) is 0.295. The Morgan fingerprint density at radius 1 is 1.33 bits per heavy atom. The first-order valence-electron chi connectivity index (χ1n) is 5.85. The predicted octanol–water partition coefficient (Wildman–Crippen LogP) is 3.32. The Morgan fingerprint density at radius 3 is 2.43 bits per heavy atom. The van der Waals surface area contributed by atoms with Gasteiger partial charge in [-0.2, -0.15) is 0 Å². The van der Waals surface area contributed by atoms with Crippen molar-refractivity contribution in [3.8, 4) is 11.5 Å². The van der Waals surface area contributed by atoms with Crippen LogP contribution in [0.2, 0.25) is 0 Å². The van der Waals surface area contributed by atoms with Gasteiger partial charge in [-0.1, -0.05) is 0 Å². The minimum atomic E-state index is -0.424. The lowest BCUT2D eigenvalue weighted by Crippen LogP contribution is -2.02. The second-order valence-corrected chi connectivity index (χ2v) is 5.57. The van der Waals surface area contributed by atoms with Crippen molar-refractivity contribution in [1.29, 1.82) is 0 Å². The van der Waals surface area contributed by atoms with Gasteiger partial charge in [0, 0.05) is 0 Å². The zero-order valence-corrected chi connectivity index (χ0v) is 14.6. The fourth-order valence-electron chi connectivity index (χ4n) is 1.39. The van der Waals surface area contributed by atoms with E-state index >= 15 is 0 Å². The molecule has 1 aromatic carbocycles. The molecule has 0 aliphatic rings. The molecule has 0 fully saturated rings. The number of halogens is 2. The minimum Gasteiger partial charge on any atom is -0.497 e. The van der Waals surface area contributed by atoms with Crippen molar-refractivity contribution in [3.63, 3.8) is 0 Å². The molecule has 0 saturated heterocycles. The van der Waals surface area contributed by atoms with Crippen LogP contribution >= 0.6 is 20.1 Å². The van der Waals surface area contributed by atoms with Gasteiger partial charge in [0.25, 0.3) is 5.95 Å². The van der Waals surface area contributed by atoms with Crippen LogP contribution in [0.15, 0.2) is 30.2 Å². The molecule has 0 unspecified atom stereocenters. The van der Waals surface area contributed by atoms with Gasteiger partial charge >= 0.3 is 13.4 Å². The molecule has 0 aliphatic carbocycles. The Morgan fingerprint density at radius 2 is 1.95 bits per heavy atom. The molecule has 115 valence electrons. The quantitative estimate of drug-likeness (QED) is 0.369. The van der Waals surface area contributed by atoms with E-state index in [0.717, 1.165) is 6.08 Å². The highest BCUT2D eigenvalue weighted by molar-refractivity contribution is 7.22. The van der Waals surface area contributed by atoms with Crippen molar-refractivity contribution >= 4 is 39.3 Å². The van der Waals surface area contributed by atoms with Crippen molar-refractivity contribution in [2.45, 2.75) is 6.92 Å². The first-order chi connectivity index (χ1) is 10.0. The Labute approximate surface area is 138 Å². The molecule has 0 amide bonds. The molecule has 0 saturated carbocycles. The maximum absolute atomic E-state index is 11.9. The molecule has 0 aromatic heterocycles. The number of ether oxygens (including phenoxy) is 3. The van der Waals surface area contributed by atoms with E-state index in [-0.39, 0.29) is 20.0 Å². The Hall–Kier alpha value is -1.06. The highest BCUT2D eigenvalue weighted by Gasteiger charge is 2.13. The second-order valence-electron chi connectivity index (χ2n) is 3.43. The van der Waals surface area contributed by atoms with Gasteiger partial charge in [-0.15, -0.1) is 0 Å². The summed E-state index contributed by atoms with van der Waals surface area (Å²) >= 11 is -0.306. The van der Waals surface area contributed by atoms with Gasteiger partial charge < -0.3 is 19.3 Å². The monoisotopic (exact) mass is 349 g/mol. The Balaban J connectivity index is 0.00000122. The minimum absolute atomic E-state index is 0.283. The van der Waals surface area contributed by atoms with Crippen LogP contribution in [0.3, 0.4) is 0 Å². The first-order valence-corrected chi connectivity index (χ1v) is 9.35. The van der Waals surface area contributed by atoms with E-state index in [1.54, 1.807) is 19.1 Å². The van der Waals surface area contributed by atoms with E-state index in [1.807, 2.05) is 0 Å². The van der Waals surface area contributed by atoms with Gasteiger partial charge in [0.05, 0.1) is 32.5 Å². The van der Waals surface area contributed by atoms with Crippen LogP contribution in [0, 0.1) is 0 Å². The summed E-state index contributed by atoms with van der Waals surface area (Å²) in [6, 6.07) is 4.84. The highest BCUT2D eigenvalue weighted by Crippen LogP contribution is 2.24. The average Bonchev–Trinajstić information content (AvgIpc) is 2.47. The number of rotatable bonds is 6. The van der Waals surface area contributed by atoms with E-state index in [0.29, 0.717) is 17.1 Å². The Kier molecular flexibility index (Phi) is 11.0. The third-order valence-electron chi connectivity index (χ3n) is 2.22. The number of hydrogen-bond acceptors (Lipinski definition) is 5. The molecule has 0 heterocycles. The molecule has 21 heavy (non-hydrogen) atoms. The summed E-state index contributed by atoms with van der Waals surface area (Å²) in [6.45, 7) is 1.99. The van der Waals surface area contributed by atoms with E-state index in [9.17, 15) is 9.90 Å². The fraction of sp³-hybridized carbons (Fsp3) is 0.308. The lowest BCUT2D eigenvalue weighted by molar-refractivity contribution is 0.0918. The summed E-state index contributed by atoms with van der Waals surface area (Å²) in [6.07, 6.45) is 1.00. The SMILES string of the molecule is CCO/C(O)=C/C(=O)c1cc(OC)ccc1OC.[Cl][Al][Cl]. The molecule has 1 aromatic rings.